The van der Waals surface area contributed by atoms with Crippen molar-refractivity contribution in [1.82, 2.24) is 0 Å². The maximum Gasteiger partial charge on any atom is 0.0886 e. The molecule has 0 fully saturated rings. The zero-order chi connectivity index (χ0) is 30.0. The van der Waals surface area contributed by atoms with Gasteiger partial charge in [0.1, 0.15) is 0 Å². The first kappa shape index (κ1) is 33.6. The molecule has 0 aliphatic carbocycles. The molecule has 228 valence electrons. The van der Waals surface area contributed by atoms with Crippen molar-refractivity contribution in [2.45, 2.75) is 102 Å². The van der Waals surface area contributed by atoms with Gasteiger partial charge in [0.15, 0.2) is 0 Å². The van der Waals surface area contributed by atoms with Gasteiger partial charge in [-0.15, -0.1) is 0 Å². The van der Waals surface area contributed by atoms with E-state index in [2.05, 4.69) is 128 Å². The quantitative estimate of drug-likeness (QED) is 0.0780. The van der Waals surface area contributed by atoms with E-state index < -0.39 is 21.7 Å². The van der Waals surface area contributed by atoms with E-state index in [-0.39, 0.29) is 5.66 Å². The maximum absolute atomic E-state index is 12.6. The number of aliphatic hydroxyl groups is 1. The molecular weight excluding hydrogens is 558 g/mol. The SMILES string of the molecule is CCCCCCCCCCCCCCC(C(O)P(c1ccccc1)c1ccccc1)P(c1ccccc1)c1ccccc1. The molecule has 0 bridgehead atoms. The van der Waals surface area contributed by atoms with Crippen molar-refractivity contribution in [2.75, 3.05) is 0 Å². The Hall–Kier alpha value is -2.30. The summed E-state index contributed by atoms with van der Waals surface area (Å²) in [7, 11) is -1.67. The van der Waals surface area contributed by atoms with Gasteiger partial charge in [-0.3, -0.25) is 0 Å². The van der Waals surface area contributed by atoms with Gasteiger partial charge < -0.3 is 5.11 Å². The van der Waals surface area contributed by atoms with Gasteiger partial charge in [-0.2, -0.15) is 0 Å². The maximum atomic E-state index is 12.6. The van der Waals surface area contributed by atoms with Crippen LogP contribution in [0.4, 0.5) is 0 Å². The van der Waals surface area contributed by atoms with Crippen molar-refractivity contribution in [3.63, 3.8) is 0 Å². The monoisotopic (exact) mass is 610 g/mol. The van der Waals surface area contributed by atoms with Crippen molar-refractivity contribution in [1.29, 1.82) is 0 Å². The molecule has 0 saturated heterocycles. The summed E-state index contributed by atoms with van der Waals surface area (Å²) in [5, 5.41) is 17.8. The van der Waals surface area contributed by atoms with Crippen LogP contribution in [0, 0.1) is 0 Å². The molecule has 2 atom stereocenters. The normalized spacial score (nSPS) is 12.9. The van der Waals surface area contributed by atoms with Gasteiger partial charge in [0.05, 0.1) is 5.85 Å². The summed E-state index contributed by atoms with van der Waals surface area (Å²) in [6, 6.07) is 43.6. The van der Waals surface area contributed by atoms with Crippen molar-refractivity contribution in [3.05, 3.63) is 121 Å². The largest absolute Gasteiger partial charge is 0.387 e. The second kappa shape index (κ2) is 19.9. The highest BCUT2D eigenvalue weighted by Gasteiger charge is 2.36. The summed E-state index contributed by atoms with van der Waals surface area (Å²) in [5.41, 5.74) is 0.175. The number of hydrogen-bond acceptors (Lipinski definition) is 1. The van der Waals surface area contributed by atoms with Gasteiger partial charge in [0.2, 0.25) is 0 Å². The van der Waals surface area contributed by atoms with E-state index >= 15 is 0 Å². The Morgan fingerprint density at radius 2 is 0.721 bits per heavy atom. The number of rotatable bonds is 20. The molecule has 0 amide bonds. The molecule has 0 spiro atoms. The average molecular weight is 611 g/mol. The third-order valence-electron chi connectivity index (χ3n) is 8.43. The fourth-order valence-corrected chi connectivity index (χ4v) is 12.1. The van der Waals surface area contributed by atoms with Crippen LogP contribution in [-0.4, -0.2) is 16.6 Å². The molecule has 43 heavy (non-hydrogen) atoms. The van der Waals surface area contributed by atoms with E-state index in [1.165, 1.54) is 98.3 Å². The van der Waals surface area contributed by atoms with Crippen LogP contribution in [0.2, 0.25) is 0 Å². The molecule has 2 unspecified atom stereocenters. The van der Waals surface area contributed by atoms with Crippen LogP contribution in [0.15, 0.2) is 121 Å². The van der Waals surface area contributed by atoms with Crippen molar-refractivity contribution in [3.8, 4) is 0 Å². The Balaban J connectivity index is 1.51. The molecule has 0 radical (unpaired) electrons. The lowest BCUT2D eigenvalue weighted by atomic mass is 10.0. The Labute approximate surface area is 264 Å². The first-order valence-electron chi connectivity index (χ1n) is 16.8. The minimum Gasteiger partial charge on any atom is -0.387 e. The summed E-state index contributed by atoms with van der Waals surface area (Å²) >= 11 is 0. The van der Waals surface area contributed by atoms with E-state index in [4.69, 9.17) is 0 Å². The molecular formula is C40H52OP2. The number of hydrogen-bond donors (Lipinski definition) is 1. The fourth-order valence-electron chi connectivity index (χ4n) is 6.12. The lowest BCUT2D eigenvalue weighted by Gasteiger charge is -2.37. The average Bonchev–Trinajstić information content (AvgIpc) is 3.06. The predicted molar refractivity (Wildman–Crippen MR) is 194 cm³/mol. The molecule has 0 aromatic heterocycles. The van der Waals surface area contributed by atoms with Gasteiger partial charge in [-0.25, -0.2) is 0 Å². The number of benzene rings is 4. The molecule has 0 aliphatic rings. The van der Waals surface area contributed by atoms with Crippen molar-refractivity contribution in [2.24, 2.45) is 0 Å². The highest BCUT2D eigenvalue weighted by atomic mass is 31.1. The highest BCUT2D eigenvalue weighted by molar-refractivity contribution is 7.77. The molecule has 4 aromatic rings. The Kier molecular flexibility index (Phi) is 15.5. The van der Waals surface area contributed by atoms with Crippen LogP contribution < -0.4 is 21.2 Å². The molecule has 1 nitrogen and oxygen atoms in total. The van der Waals surface area contributed by atoms with E-state index in [0.29, 0.717) is 0 Å². The van der Waals surface area contributed by atoms with E-state index in [1.54, 1.807) is 0 Å². The second-order valence-corrected chi connectivity index (χ2v) is 16.5. The van der Waals surface area contributed by atoms with Gasteiger partial charge in [0.25, 0.3) is 0 Å². The molecule has 4 rings (SSSR count). The first-order valence-corrected chi connectivity index (χ1v) is 19.6. The number of aliphatic hydroxyl groups excluding tert-OH is 1. The van der Waals surface area contributed by atoms with Crippen LogP contribution in [0.1, 0.15) is 90.4 Å². The number of unbranched alkanes of at least 4 members (excludes halogenated alkanes) is 11. The van der Waals surface area contributed by atoms with Crippen LogP contribution in [0.5, 0.6) is 0 Å². The van der Waals surface area contributed by atoms with Crippen LogP contribution in [0.3, 0.4) is 0 Å². The van der Waals surface area contributed by atoms with Gasteiger partial charge in [-0.1, -0.05) is 205 Å². The minimum atomic E-state index is -0.933. The standard InChI is InChI=1S/C40H52OP2/c1-2-3-4-5-6-7-8-9-10-11-12-25-34-39(42(35-26-17-13-18-27-35)36-28-19-14-20-29-36)40(41)43(37-30-21-15-22-31-37)38-32-23-16-24-33-38/h13-24,26-33,39-41H,2-12,25,34H2,1H3. The lowest BCUT2D eigenvalue weighted by Crippen LogP contribution is -2.35. The van der Waals surface area contributed by atoms with Crippen LogP contribution in [-0.2, 0) is 0 Å². The summed E-state index contributed by atoms with van der Waals surface area (Å²) in [6.07, 6.45) is 17.2. The molecule has 1 N–H and O–H groups in total. The predicted octanol–water partition coefficient (Wildman–Crippen LogP) is 10.0. The minimum absolute atomic E-state index is 0.175. The summed E-state index contributed by atoms with van der Waals surface area (Å²) in [4.78, 5) is 0. The third kappa shape index (κ3) is 11.0. The van der Waals surface area contributed by atoms with E-state index in [0.717, 1.165) is 6.42 Å². The zero-order valence-corrected chi connectivity index (χ0v) is 28.0. The van der Waals surface area contributed by atoms with Crippen molar-refractivity contribution < 1.29 is 5.11 Å². The van der Waals surface area contributed by atoms with Gasteiger partial charge in [-0.05, 0) is 43.5 Å². The summed E-state index contributed by atoms with van der Waals surface area (Å²) in [6.45, 7) is 2.29. The summed E-state index contributed by atoms with van der Waals surface area (Å²) in [5.74, 6) is -0.431. The molecule has 0 aliphatic heterocycles. The topological polar surface area (TPSA) is 20.2 Å². The summed E-state index contributed by atoms with van der Waals surface area (Å²) < 4.78 is 0. The molecule has 4 aromatic carbocycles. The van der Waals surface area contributed by atoms with Crippen LogP contribution in [0.25, 0.3) is 0 Å². The Bertz CT molecular complexity index is 1150. The highest BCUT2D eigenvalue weighted by Crippen LogP contribution is 2.52. The zero-order valence-electron chi connectivity index (χ0n) is 26.2. The molecule has 3 heteroatoms. The fraction of sp³-hybridized carbons (Fsp3) is 0.400. The van der Waals surface area contributed by atoms with Gasteiger partial charge >= 0.3 is 0 Å². The Morgan fingerprint density at radius 3 is 1.07 bits per heavy atom. The lowest BCUT2D eigenvalue weighted by molar-refractivity contribution is 0.248. The molecule has 0 saturated carbocycles. The van der Waals surface area contributed by atoms with Gasteiger partial charge in [0, 0.05) is 5.66 Å². The van der Waals surface area contributed by atoms with E-state index in [1.807, 2.05) is 0 Å². The Morgan fingerprint density at radius 1 is 0.419 bits per heavy atom. The van der Waals surface area contributed by atoms with Crippen molar-refractivity contribution >= 4 is 37.1 Å². The van der Waals surface area contributed by atoms with Crippen LogP contribution >= 0.6 is 15.8 Å². The first-order chi connectivity index (χ1) is 21.3. The van der Waals surface area contributed by atoms with E-state index in [9.17, 15) is 5.11 Å². The smallest absolute Gasteiger partial charge is 0.0886 e. The third-order valence-corrected chi connectivity index (χ3v) is 14.2. The molecule has 0 heterocycles. The second-order valence-electron chi connectivity index (χ2n) is 11.7.